The Morgan fingerprint density at radius 1 is 0.900 bits per heavy atom. The second kappa shape index (κ2) is 8.52. The average molecular weight is 481 g/mol. The van der Waals surface area contributed by atoms with Gasteiger partial charge in [-0.05, 0) is 54.1 Å². The molecular weight excluding hydrogens is 468 g/mol. The molecule has 0 bridgehead atoms. The van der Waals surface area contributed by atoms with E-state index in [9.17, 15) is 14.3 Å². The molecule has 1 aliphatic heterocycles. The Balaban J connectivity index is 1.84. The van der Waals surface area contributed by atoms with Crippen molar-refractivity contribution in [2.75, 3.05) is 4.90 Å². The Morgan fingerprint density at radius 3 is 2.13 bits per heavy atom. The van der Waals surface area contributed by atoms with Gasteiger partial charge in [0.2, 0.25) is 0 Å². The minimum Gasteiger partial charge on any atom is -0.502 e. The Bertz CT molecular complexity index is 1150. The van der Waals surface area contributed by atoms with E-state index in [0.29, 0.717) is 20.5 Å². The van der Waals surface area contributed by atoms with Gasteiger partial charge in [0.25, 0.3) is 5.91 Å². The van der Waals surface area contributed by atoms with Crippen LogP contribution >= 0.6 is 46.6 Å². The number of carbonyl (C=O) groups excluding carboxylic acids is 1. The second-order valence-corrected chi connectivity index (χ2v) is 8.87. The third kappa shape index (κ3) is 3.91. The fourth-order valence-corrected chi connectivity index (χ4v) is 4.67. The van der Waals surface area contributed by atoms with Gasteiger partial charge in [0.15, 0.2) is 11.6 Å². The van der Waals surface area contributed by atoms with Gasteiger partial charge in [-0.25, -0.2) is 4.39 Å². The Hall–Kier alpha value is -2.18. The van der Waals surface area contributed by atoms with Crippen molar-refractivity contribution >= 4 is 58.2 Å². The number of aliphatic hydroxyl groups is 1. The van der Waals surface area contributed by atoms with Gasteiger partial charge in [-0.15, -0.1) is 0 Å². The van der Waals surface area contributed by atoms with E-state index >= 15 is 0 Å². The van der Waals surface area contributed by atoms with Crippen LogP contribution in [0.1, 0.15) is 11.6 Å². The predicted molar refractivity (Wildman–Crippen MR) is 120 cm³/mol. The van der Waals surface area contributed by atoms with Crippen LogP contribution in [0, 0.1) is 5.82 Å². The summed E-state index contributed by atoms with van der Waals surface area (Å²) < 4.78 is 14.8. The summed E-state index contributed by atoms with van der Waals surface area (Å²) in [4.78, 5) is 15.4. The average Bonchev–Trinajstić information content (AvgIpc) is 2.97. The summed E-state index contributed by atoms with van der Waals surface area (Å²) in [5.74, 6) is -1.90. The first kappa shape index (κ1) is 21.1. The molecule has 0 fully saturated rings. The summed E-state index contributed by atoms with van der Waals surface area (Å²) in [7, 11) is 0. The number of aliphatic hydroxyl groups excluding tert-OH is 1. The van der Waals surface area contributed by atoms with Crippen LogP contribution in [0.3, 0.4) is 0 Å². The molecule has 0 spiro atoms. The third-order valence-electron chi connectivity index (χ3n) is 4.58. The van der Waals surface area contributed by atoms with Crippen molar-refractivity contribution in [3.8, 4) is 0 Å². The van der Waals surface area contributed by atoms with Gasteiger partial charge < -0.3 is 5.11 Å². The maximum atomic E-state index is 14.8. The van der Waals surface area contributed by atoms with Crippen LogP contribution in [0.25, 0.3) is 0 Å². The lowest BCUT2D eigenvalue weighted by atomic mass is 10.1. The number of anilines is 1. The molecule has 0 radical (unpaired) electrons. The minimum absolute atomic E-state index is 0.0225. The first-order valence-corrected chi connectivity index (χ1v) is 10.7. The predicted octanol–water partition coefficient (Wildman–Crippen LogP) is 7.44. The lowest BCUT2D eigenvalue weighted by Gasteiger charge is -2.27. The van der Waals surface area contributed by atoms with Crippen molar-refractivity contribution in [3.63, 3.8) is 0 Å². The van der Waals surface area contributed by atoms with Gasteiger partial charge in [0.05, 0.1) is 21.7 Å². The number of halogens is 4. The minimum atomic E-state index is -0.761. The topological polar surface area (TPSA) is 40.5 Å². The van der Waals surface area contributed by atoms with Crippen LogP contribution < -0.4 is 4.90 Å². The highest BCUT2D eigenvalue weighted by Gasteiger charge is 2.43. The normalized spacial score (nSPS) is 16.5. The Kier molecular flexibility index (Phi) is 5.98. The lowest BCUT2D eigenvalue weighted by Crippen LogP contribution is -2.31. The molecular formula is C22H13Cl3FNO2S. The summed E-state index contributed by atoms with van der Waals surface area (Å²) in [5, 5.41) is 11.7. The van der Waals surface area contributed by atoms with Crippen LogP contribution in [0.15, 0.2) is 82.3 Å². The summed E-state index contributed by atoms with van der Waals surface area (Å²) in [6.07, 6.45) is 0. The fourth-order valence-electron chi connectivity index (χ4n) is 3.19. The molecule has 4 rings (SSSR count). The molecule has 0 aromatic heterocycles. The van der Waals surface area contributed by atoms with Gasteiger partial charge in [0.1, 0.15) is 0 Å². The third-order valence-corrected chi connectivity index (χ3v) is 6.52. The standard InChI is InChI=1S/C22H13Cl3FNO2S/c23-13-6-4-12(5-7-13)19-21(30-15-10-8-14(24)9-11-15)20(28)22(29)27(19)17-3-1-2-16(25)18(17)26/h1-11,19,28H. The van der Waals surface area contributed by atoms with Gasteiger partial charge in [0, 0.05) is 14.9 Å². The first-order valence-electron chi connectivity index (χ1n) is 8.76. The Labute approximate surface area is 191 Å². The number of hydrogen-bond acceptors (Lipinski definition) is 3. The zero-order valence-corrected chi connectivity index (χ0v) is 18.2. The van der Waals surface area contributed by atoms with Crippen molar-refractivity contribution in [3.05, 3.63) is 104 Å². The van der Waals surface area contributed by atoms with E-state index in [2.05, 4.69) is 0 Å². The molecule has 3 nitrogen and oxygen atoms in total. The number of thioether (sulfide) groups is 1. The molecule has 0 saturated carbocycles. The van der Waals surface area contributed by atoms with E-state index in [1.54, 1.807) is 54.6 Å². The molecule has 152 valence electrons. The van der Waals surface area contributed by atoms with E-state index in [4.69, 9.17) is 34.8 Å². The van der Waals surface area contributed by atoms with Crippen LogP contribution in [-0.2, 0) is 4.79 Å². The van der Waals surface area contributed by atoms with E-state index in [-0.39, 0.29) is 10.7 Å². The van der Waals surface area contributed by atoms with Crippen LogP contribution in [0.4, 0.5) is 10.1 Å². The molecule has 1 aliphatic rings. The second-order valence-electron chi connectivity index (χ2n) is 6.47. The molecule has 3 aromatic carbocycles. The number of carbonyl (C=O) groups is 1. The highest BCUT2D eigenvalue weighted by Crippen LogP contribution is 2.48. The smallest absolute Gasteiger partial charge is 0.295 e. The Morgan fingerprint density at radius 2 is 1.50 bits per heavy atom. The lowest BCUT2D eigenvalue weighted by molar-refractivity contribution is -0.117. The van der Waals surface area contributed by atoms with Crippen molar-refractivity contribution in [1.29, 1.82) is 0 Å². The quantitative estimate of drug-likeness (QED) is 0.422. The SMILES string of the molecule is O=C1C(O)=C(Sc2ccc(Cl)cc2)C(c2ccc(Cl)cc2)N1c1cccc(Cl)c1F. The maximum absolute atomic E-state index is 14.8. The molecule has 0 saturated heterocycles. The number of nitrogens with zero attached hydrogens (tertiary/aromatic N) is 1. The maximum Gasteiger partial charge on any atom is 0.295 e. The van der Waals surface area contributed by atoms with E-state index in [1.807, 2.05) is 0 Å². The highest BCUT2D eigenvalue weighted by molar-refractivity contribution is 8.03. The van der Waals surface area contributed by atoms with Crippen molar-refractivity contribution in [2.24, 2.45) is 0 Å². The highest BCUT2D eigenvalue weighted by atomic mass is 35.5. The monoisotopic (exact) mass is 479 g/mol. The van der Waals surface area contributed by atoms with Crippen LogP contribution in [0.5, 0.6) is 0 Å². The zero-order valence-electron chi connectivity index (χ0n) is 15.2. The van der Waals surface area contributed by atoms with Crippen LogP contribution in [0.2, 0.25) is 15.1 Å². The summed E-state index contributed by atoms with van der Waals surface area (Å²) in [5.41, 5.74) is 0.637. The molecule has 3 aromatic rings. The van der Waals surface area contributed by atoms with E-state index < -0.39 is 23.5 Å². The summed E-state index contributed by atoms with van der Waals surface area (Å²) >= 11 is 19.1. The van der Waals surface area contributed by atoms with Gasteiger partial charge in [-0.2, -0.15) is 0 Å². The molecule has 1 amide bonds. The van der Waals surface area contributed by atoms with Crippen LogP contribution in [-0.4, -0.2) is 11.0 Å². The number of benzene rings is 3. The molecule has 1 unspecified atom stereocenters. The summed E-state index contributed by atoms with van der Waals surface area (Å²) in [6, 6.07) is 17.4. The van der Waals surface area contributed by atoms with E-state index in [0.717, 1.165) is 4.90 Å². The largest absolute Gasteiger partial charge is 0.502 e. The molecule has 30 heavy (non-hydrogen) atoms. The van der Waals surface area contributed by atoms with Crippen molar-refractivity contribution in [1.82, 2.24) is 0 Å². The fraction of sp³-hybridized carbons (Fsp3) is 0.0455. The molecule has 1 N–H and O–H groups in total. The van der Waals surface area contributed by atoms with Gasteiger partial charge in [-0.1, -0.05) is 64.8 Å². The molecule has 0 aliphatic carbocycles. The number of hydrogen-bond donors (Lipinski definition) is 1. The molecule has 1 atom stereocenters. The molecule has 1 heterocycles. The first-order chi connectivity index (χ1) is 14.4. The molecule has 8 heteroatoms. The zero-order chi connectivity index (χ0) is 21.4. The van der Waals surface area contributed by atoms with Gasteiger partial charge >= 0.3 is 0 Å². The van der Waals surface area contributed by atoms with Crippen molar-refractivity contribution < 1.29 is 14.3 Å². The van der Waals surface area contributed by atoms with E-state index in [1.165, 1.54) is 28.8 Å². The van der Waals surface area contributed by atoms with Gasteiger partial charge in [-0.3, -0.25) is 9.69 Å². The number of rotatable bonds is 4. The van der Waals surface area contributed by atoms with Crippen molar-refractivity contribution in [2.45, 2.75) is 10.9 Å². The number of amides is 1. The summed E-state index contributed by atoms with van der Waals surface area (Å²) in [6.45, 7) is 0.